The number of hydrogen-bond acceptors (Lipinski definition) is 3. The van der Waals surface area contributed by atoms with Crippen LogP contribution in [0.4, 0.5) is 0 Å². The fraction of sp³-hybridized carbons (Fsp3) is 0.545. The summed E-state index contributed by atoms with van der Waals surface area (Å²) in [6.07, 6.45) is 8.93. The predicted octanol–water partition coefficient (Wildman–Crippen LogP) is 4.31. The van der Waals surface area contributed by atoms with E-state index in [2.05, 4.69) is 0 Å². The average molecular weight is 358 g/mol. The third-order valence-electron chi connectivity index (χ3n) is 5.12. The average Bonchev–Trinajstić information content (AvgIpc) is 2.97. The van der Waals surface area contributed by atoms with E-state index in [4.69, 9.17) is 5.11 Å². The largest absolute Gasteiger partial charge is 0.481 e. The smallest absolute Gasteiger partial charge is 0.303 e. The molecule has 0 radical (unpaired) electrons. The molecule has 0 aromatic heterocycles. The van der Waals surface area contributed by atoms with Crippen LogP contribution >= 0.6 is 0 Å². The molecule has 26 heavy (non-hydrogen) atoms. The van der Waals surface area contributed by atoms with Crippen molar-refractivity contribution in [2.45, 2.75) is 70.3 Å². The summed E-state index contributed by atoms with van der Waals surface area (Å²) in [6, 6.07) is 9.97. The molecule has 4 nitrogen and oxygen atoms in total. The Labute approximate surface area is 155 Å². The highest BCUT2D eigenvalue weighted by Gasteiger charge is 2.26. The Hall–Kier alpha value is -1.94. The summed E-state index contributed by atoms with van der Waals surface area (Å²) in [4.78, 5) is 22.6. The van der Waals surface area contributed by atoms with Crippen LogP contribution in [0, 0.1) is 5.92 Å². The van der Waals surface area contributed by atoms with Gasteiger partial charge in [-0.25, -0.2) is 0 Å². The molecule has 0 heterocycles. The van der Waals surface area contributed by atoms with Crippen LogP contribution in [0.5, 0.6) is 0 Å². The topological polar surface area (TPSA) is 74.6 Å². The van der Waals surface area contributed by atoms with Crippen LogP contribution in [0.2, 0.25) is 0 Å². The van der Waals surface area contributed by atoms with Gasteiger partial charge in [-0.3, -0.25) is 9.59 Å². The Balaban J connectivity index is 1.68. The fourth-order valence-electron chi connectivity index (χ4n) is 3.65. The van der Waals surface area contributed by atoms with E-state index in [1.165, 1.54) is 5.57 Å². The summed E-state index contributed by atoms with van der Waals surface area (Å²) in [7, 11) is 0. The van der Waals surface area contributed by atoms with Crippen LogP contribution < -0.4 is 0 Å². The second-order valence-corrected chi connectivity index (χ2v) is 7.23. The van der Waals surface area contributed by atoms with E-state index in [-0.39, 0.29) is 18.4 Å². The molecule has 0 saturated heterocycles. The molecule has 0 bridgehead atoms. The van der Waals surface area contributed by atoms with Gasteiger partial charge in [0.05, 0.1) is 6.10 Å². The molecular formula is C22H30O4. The van der Waals surface area contributed by atoms with Crippen molar-refractivity contribution in [3.05, 3.63) is 47.5 Å². The normalized spacial score (nSPS) is 18.0. The fourth-order valence-corrected chi connectivity index (χ4v) is 3.65. The number of aliphatic hydroxyl groups excluding tert-OH is 1. The molecule has 1 aromatic rings. The first-order valence-corrected chi connectivity index (χ1v) is 9.71. The molecule has 2 N–H and O–H groups in total. The third kappa shape index (κ3) is 7.12. The number of carboxylic acid groups (broad SMARTS) is 1. The van der Waals surface area contributed by atoms with Crippen molar-refractivity contribution in [3.8, 4) is 0 Å². The van der Waals surface area contributed by atoms with Gasteiger partial charge in [0.15, 0.2) is 0 Å². The van der Waals surface area contributed by atoms with Gasteiger partial charge in [-0.05, 0) is 37.7 Å². The minimum atomic E-state index is -0.741. The van der Waals surface area contributed by atoms with E-state index < -0.39 is 5.97 Å². The monoisotopic (exact) mass is 358 g/mol. The van der Waals surface area contributed by atoms with Gasteiger partial charge in [-0.2, -0.15) is 0 Å². The van der Waals surface area contributed by atoms with E-state index in [0.29, 0.717) is 31.5 Å². The van der Waals surface area contributed by atoms with Gasteiger partial charge < -0.3 is 10.2 Å². The molecule has 1 unspecified atom stereocenters. The Kier molecular flexibility index (Phi) is 8.56. The first-order chi connectivity index (χ1) is 12.6. The molecule has 1 aromatic carbocycles. The molecule has 0 fully saturated rings. The summed E-state index contributed by atoms with van der Waals surface area (Å²) in [6.45, 7) is 0. The van der Waals surface area contributed by atoms with Crippen molar-refractivity contribution in [3.63, 3.8) is 0 Å². The molecule has 1 aliphatic carbocycles. The van der Waals surface area contributed by atoms with Gasteiger partial charge in [0, 0.05) is 18.8 Å². The number of ketones is 1. The molecule has 2 atom stereocenters. The molecule has 0 amide bonds. The van der Waals surface area contributed by atoms with E-state index in [1.54, 1.807) is 0 Å². The highest BCUT2D eigenvalue weighted by Crippen LogP contribution is 2.31. The lowest BCUT2D eigenvalue weighted by Gasteiger charge is -2.16. The highest BCUT2D eigenvalue weighted by atomic mass is 16.4. The number of allylic oxidation sites excluding steroid dienone is 2. The number of carbonyl (C=O) groups is 2. The SMILES string of the molecule is O=C(O)CCCCCC[C@H]1C(=O)CC=C1CCC(O)Cc1ccccc1. The number of carboxylic acids is 1. The zero-order valence-electron chi connectivity index (χ0n) is 15.4. The van der Waals surface area contributed by atoms with Crippen LogP contribution in [0.1, 0.15) is 63.4 Å². The lowest BCUT2D eigenvalue weighted by Crippen LogP contribution is -2.14. The predicted molar refractivity (Wildman–Crippen MR) is 102 cm³/mol. The highest BCUT2D eigenvalue weighted by molar-refractivity contribution is 5.88. The van der Waals surface area contributed by atoms with Crippen LogP contribution in [0.15, 0.2) is 42.0 Å². The van der Waals surface area contributed by atoms with E-state index >= 15 is 0 Å². The zero-order chi connectivity index (χ0) is 18.8. The van der Waals surface area contributed by atoms with Crippen molar-refractivity contribution < 1.29 is 19.8 Å². The van der Waals surface area contributed by atoms with Gasteiger partial charge in [-0.15, -0.1) is 0 Å². The zero-order valence-corrected chi connectivity index (χ0v) is 15.4. The molecule has 142 valence electrons. The molecule has 0 aliphatic heterocycles. The van der Waals surface area contributed by atoms with Gasteiger partial charge in [0.1, 0.15) is 5.78 Å². The number of unbranched alkanes of at least 4 members (excludes halogenated alkanes) is 3. The second-order valence-electron chi connectivity index (χ2n) is 7.23. The number of rotatable bonds is 12. The summed E-state index contributed by atoms with van der Waals surface area (Å²) >= 11 is 0. The minimum absolute atomic E-state index is 0.0124. The summed E-state index contributed by atoms with van der Waals surface area (Å²) in [5.74, 6) is -0.434. The maximum Gasteiger partial charge on any atom is 0.303 e. The molecular weight excluding hydrogens is 328 g/mol. The standard InChI is InChI=1S/C22H30O4/c23-19(16-17-8-4-3-5-9-17)14-12-18-13-15-21(24)20(18)10-6-1-2-7-11-22(25)26/h3-5,8-9,13,19-20,23H,1-2,6-7,10-12,14-16H2,(H,25,26)/t19?,20-/m1/s1. The van der Waals surface area contributed by atoms with Gasteiger partial charge in [0.2, 0.25) is 0 Å². The lowest BCUT2D eigenvalue weighted by molar-refractivity contribution is -0.137. The lowest BCUT2D eigenvalue weighted by atomic mass is 9.90. The second kappa shape index (κ2) is 10.9. The summed E-state index contributed by atoms with van der Waals surface area (Å²) < 4.78 is 0. The van der Waals surface area contributed by atoms with Gasteiger partial charge >= 0.3 is 5.97 Å². The Morgan fingerprint density at radius 3 is 2.58 bits per heavy atom. The molecule has 0 spiro atoms. The first kappa shape index (κ1) is 20.4. The Bertz CT molecular complexity index is 606. The molecule has 4 heteroatoms. The first-order valence-electron chi connectivity index (χ1n) is 9.71. The molecule has 1 aliphatic rings. The number of aliphatic hydroxyl groups is 1. The van der Waals surface area contributed by atoms with Crippen LogP contribution in [-0.4, -0.2) is 28.1 Å². The number of aliphatic carboxylic acids is 1. The maximum absolute atomic E-state index is 12.1. The van der Waals surface area contributed by atoms with Crippen LogP contribution in [0.25, 0.3) is 0 Å². The third-order valence-corrected chi connectivity index (χ3v) is 5.12. The van der Waals surface area contributed by atoms with E-state index in [9.17, 15) is 14.7 Å². The Morgan fingerprint density at radius 1 is 1.12 bits per heavy atom. The number of hydrogen-bond donors (Lipinski definition) is 2. The maximum atomic E-state index is 12.1. The molecule has 2 rings (SSSR count). The van der Waals surface area contributed by atoms with Crippen LogP contribution in [-0.2, 0) is 16.0 Å². The number of carbonyl (C=O) groups excluding carboxylic acids is 1. The van der Waals surface area contributed by atoms with Crippen molar-refractivity contribution in [1.82, 2.24) is 0 Å². The number of benzene rings is 1. The van der Waals surface area contributed by atoms with Crippen molar-refractivity contribution in [1.29, 1.82) is 0 Å². The van der Waals surface area contributed by atoms with Crippen LogP contribution in [0.3, 0.4) is 0 Å². The van der Waals surface area contributed by atoms with Crippen molar-refractivity contribution in [2.24, 2.45) is 5.92 Å². The van der Waals surface area contributed by atoms with Gasteiger partial charge in [-0.1, -0.05) is 61.2 Å². The summed E-state index contributed by atoms with van der Waals surface area (Å²) in [5.41, 5.74) is 2.32. The van der Waals surface area contributed by atoms with E-state index in [1.807, 2.05) is 36.4 Å². The molecule has 0 saturated carbocycles. The number of Topliss-reactive ketones (excluding diaryl/α,β-unsaturated/α-hetero) is 1. The summed E-state index contributed by atoms with van der Waals surface area (Å²) in [5, 5.41) is 18.9. The minimum Gasteiger partial charge on any atom is -0.481 e. The quantitative estimate of drug-likeness (QED) is 0.431. The van der Waals surface area contributed by atoms with Crippen molar-refractivity contribution in [2.75, 3.05) is 0 Å². The van der Waals surface area contributed by atoms with E-state index in [0.717, 1.165) is 37.7 Å². The van der Waals surface area contributed by atoms with Crippen molar-refractivity contribution >= 4 is 11.8 Å². The Morgan fingerprint density at radius 2 is 1.85 bits per heavy atom. The van der Waals surface area contributed by atoms with Gasteiger partial charge in [0.25, 0.3) is 0 Å².